The van der Waals surface area contributed by atoms with Crippen LogP contribution >= 0.6 is 15.9 Å². The summed E-state index contributed by atoms with van der Waals surface area (Å²) in [6, 6.07) is 15.9. The molecule has 0 radical (unpaired) electrons. The molecule has 1 unspecified atom stereocenters. The number of carbonyl (C=O) groups is 1. The van der Waals surface area contributed by atoms with Gasteiger partial charge in [-0.3, -0.25) is 4.79 Å². The topological polar surface area (TPSA) is 38.3 Å². The molecule has 2 rings (SSSR count). The van der Waals surface area contributed by atoms with Gasteiger partial charge in [0.2, 0.25) is 5.91 Å². The standard InChI is InChI=1S/C19H22BrNO2/c1-13(2)21-19(22)17(11-14-7-5-4-6-8-14)16-12-15(20)9-10-18(16)23-3/h4-10,12-13,17H,11H2,1-3H3,(H,21,22). The van der Waals surface area contributed by atoms with Crippen molar-refractivity contribution in [2.75, 3.05) is 7.11 Å². The monoisotopic (exact) mass is 375 g/mol. The predicted octanol–water partition coefficient (Wildman–Crippen LogP) is 4.31. The first kappa shape index (κ1) is 17.5. The first-order chi connectivity index (χ1) is 11.0. The maximum absolute atomic E-state index is 12.8. The number of nitrogens with one attached hydrogen (secondary N) is 1. The maximum Gasteiger partial charge on any atom is 0.228 e. The Labute approximate surface area is 146 Å². The summed E-state index contributed by atoms with van der Waals surface area (Å²) in [6.45, 7) is 3.94. The highest BCUT2D eigenvalue weighted by atomic mass is 79.9. The normalized spacial score (nSPS) is 12.0. The number of amides is 1. The van der Waals surface area contributed by atoms with E-state index in [1.54, 1.807) is 7.11 Å². The second-order valence-corrected chi connectivity index (χ2v) is 6.71. The molecule has 23 heavy (non-hydrogen) atoms. The lowest BCUT2D eigenvalue weighted by molar-refractivity contribution is -0.123. The van der Waals surface area contributed by atoms with Gasteiger partial charge in [-0.2, -0.15) is 0 Å². The Morgan fingerprint density at radius 2 is 1.87 bits per heavy atom. The van der Waals surface area contributed by atoms with Crippen molar-refractivity contribution in [3.8, 4) is 5.75 Å². The van der Waals surface area contributed by atoms with Crippen LogP contribution in [0.1, 0.15) is 30.9 Å². The zero-order valence-electron chi connectivity index (χ0n) is 13.7. The van der Waals surface area contributed by atoms with Crippen LogP contribution in [0.4, 0.5) is 0 Å². The molecule has 0 aromatic heterocycles. The lowest BCUT2D eigenvalue weighted by atomic mass is 9.90. The number of benzene rings is 2. The third kappa shape index (κ3) is 4.83. The molecule has 1 amide bonds. The van der Waals surface area contributed by atoms with Gasteiger partial charge in [0.25, 0.3) is 0 Å². The number of rotatable bonds is 6. The van der Waals surface area contributed by atoms with E-state index in [9.17, 15) is 4.79 Å². The molecule has 0 spiro atoms. The van der Waals surface area contributed by atoms with Crippen molar-refractivity contribution in [3.63, 3.8) is 0 Å². The van der Waals surface area contributed by atoms with Gasteiger partial charge in [-0.05, 0) is 44.0 Å². The number of methoxy groups -OCH3 is 1. The van der Waals surface area contributed by atoms with E-state index in [4.69, 9.17) is 4.74 Å². The number of halogens is 1. The van der Waals surface area contributed by atoms with Crippen molar-refractivity contribution in [1.82, 2.24) is 5.32 Å². The number of carbonyl (C=O) groups excluding carboxylic acids is 1. The van der Waals surface area contributed by atoms with Gasteiger partial charge in [0.15, 0.2) is 0 Å². The Bertz CT molecular complexity index is 656. The number of hydrogen-bond donors (Lipinski definition) is 1. The third-order valence-corrected chi connectivity index (χ3v) is 4.09. The van der Waals surface area contributed by atoms with E-state index in [0.717, 1.165) is 21.3 Å². The van der Waals surface area contributed by atoms with Gasteiger partial charge in [0, 0.05) is 16.1 Å². The lowest BCUT2D eigenvalue weighted by Crippen LogP contribution is -2.35. The van der Waals surface area contributed by atoms with Gasteiger partial charge in [0.05, 0.1) is 13.0 Å². The van der Waals surface area contributed by atoms with E-state index < -0.39 is 0 Å². The fourth-order valence-corrected chi connectivity index (χ4v) is 2.94. The van der Waals surface area contributed by atoms with Gasteiger partial charge >= 0.3 is 0 Å². The largest absolute Gasteiger partial charge is 0.496 e. The van der Waals surface area contributed by atoms with Crippen LogP contribution in [0.2, 0.25) is 0 Å². The fraction of sp³-hybridized carbons (Fsp3) is 0.316. The molecule has 0 heterocycles. The molecular weight excluding hydrogens is 354 g/mol. The average molecular weight is 376 g/mol. The first-order valence-electron chi connectivity index (χ1n) is 7.69. The molecule has 2 aromatic rings. The minimum atomic E-state index is -0.299. The highest BCUT2D eigenvalue weighted by molar-refractivity contribution is 9.10. The molecule has 0 aliphatic carbocycles. The van der Waals surface area contributed by atoms with E-state index in [1.807, 2.05) is 62.4 Å². The molecule has 0 aliphatic heterocycles. The van der Waals surface area contributed by atoms with Crippen molar-refractivity contribution >= 4 is 21.8 Å². The molecule has 0 saturated carbocycles. The van der Waals surface area contributed by atoms with E-state index in [1.165, 1.54) is 0 Å². The SMILES string of the molecule is COc1ccc(Br)cc1C(Cc1ccccc1)C(=O)NC(C)C. The first-order valence-corrected chi connectivity index (χ1v) is 8.48. The summed E-state index contributed by atoms with van der Waals surface area (Å²) in [4.78, 5) is 12.8. The summed E-state index contributed by atoms with van der Waals surface area (Å²) in [7, 11) is 1.63. The molecule has 122 valence electrons. The lowest BCUT2D eigenvalue weighted by Gasteiger charge is -2.21. The molecule has 3 nitrogen and oxygen atoms in total. The van der Waals surface area contributed by atoms with Crippen LogP contribution in [-0.4, -0.2) is 19.1 Å². The van der Waals surface area contributed by atoms with E-state index in [2.05, 4.69) is 21.2 Å². The van der Waals surface area contributed by atoms with Gasteiger partial charge in [0.1, 0.15) is 5.75 Å². The van der Waals surface area contributed by atoms with Gasteiger partial charge in [-0.15, -0.1) is 0 Å². The highest BCUT2D eigenvalue weighted by Crippen LogP contribution is 2.32. The number of ether oxygens (including phenoxy) is 1. The van der Waals surface area contributed by atoms with Crippen molar-refractivity contribution in [3.05, 3.63) is 64.1 Å². The Kier molecular flexibility index (Phi) is 6.22. The zero-order valence-corrected chi connectivity index (χ0v) is 15.3. The van der Waals surface area contributed by atoms with Crippen molar-refractivity contribution in [1.29, 1.82) is 0 Å². The molecule has 4 heteroatoms. The highest BCUT2D eigenvalue weighted by Gasteiger charge is 2.25. The summed E-state index contributed by atoms with van der Waals surface area (Å²) < 4.78 is 6.41. The Balaban J connectivity index is 2.40. The third-order valence-electron chi connectivity index (χ3n) is 3.60. The number of hydrogen-bond acceptors (Lipinski definition) is 2. The second kappa shape index (κ2) is 8.16. The minimum absolute atomic E-state index is 0.0141. The quantitative estimate of drug-likeness (QED) is 0.816. The summed E-state index contributed by atoms with van der Waals surface area (Å²) in [5.74, 6) is 0.445. The summed E-state index contributed by atoms with van der Waals surface area (Å²) in [6.07, 6.45) is 0.631. The Morgan fingerprint density at radius 3 is 2.48 bits per heavy atom. The predicted molar refractivity (Wildman–Crippen MR) is 96.9 cm³/mol. The van der Waals surface area contributed by atoms with Crippen LogP contribution in [0.5, 0.6) is 5.75 Å². The van der Waals surface area contributed by atoms with Crippen LogP contribution in [0.3, 0.4) is 0 Å². The Hall–Kier alpha value is -1.81. The molecule has 0 fully saturated rings. The molecule has 0 saturated heterocycles. The van der Waals surface area contributed by atoms with Gasteiger partial charge in [-0.1, -0.05) is 46.3 Å². The van der Waals surface area contributed by atoms with Gasteiger partial charge < -0.3 is 10.1 Å². The van der Waals surface area contributed by atoms with Crippen LogP contribution in [0.15, 0.2) is 53.0 Å². The van der Waals surface area contributed by atoms with Crippen LogP contribution in [0.25, 0.3) is 0 Å². The van der Waals surface area contributed by atoms with Crippen LogP contribution in [-0.2, 0) is 11.2 Å². The Morgan fingerprint density at radius 1 is 1.17 bits per heavy atom. The zero-order chi connectivity index (χ0) is 16.8. The fourth-order valence-electron chi connectivity index (χ4n) is 2.56. The van der Waals surface area contributed by atoms with Crippen molar-refractivity contribution in [2.24, 2.45) is 0 Å². The van der Waals surface area contributed by atoms with Crippen molar-refractivity contribution < 1.29 is 9.53 Å². The molecule has 0 bridgehead atoms. The minimum Gasteiger partial charge on any atom is -0.496 e. The molecular formula is C19H22BrNO2. The van der Waals surface area contributed by atoms with Crippen LogP contribution in [0, 0.1) is 0 Å². The molecule has 0 aliphatic rings. The smallest absolute Gasteiger partial charge is 0.228 e. The van der Waals surface area contributed by atoms with E-state index >= 15 is 0 Å². The maximum atomic E-state index is 12.8. The van der Waals surface area contributed by atoms with Crippen molar-refractivity contribution in [2.45, 2.75) is 32.2 Å². The average Bonchev–Trinajstić information content (AvgIpc) is 2.53. The molecule has 1 N–H and O–H groups in total. The summed E-state index contributed by atoms with van der Waals surface area (Å²) >= 11 is 3.49. The second-order valence-electron chi connectivity index (χ2n) is 5.79. The van der Waals surface area contributed by atoms with E-state index in [-0.39, 0.29) is 17.9 Å². The summed E-state index contributed by atoms with van der Waals surface area (Å²) in [5.41, 5.74) is 2.02. The van der Waals surface area contributed by atoms with E-state index in [0.29, 0.717) is 6.42 Å². The van der Waals surface area contributed by atoms with Crippen LogP contribution < -0.4 is 10.1 Å². The van der Waals surface area contributed by atoms with Gasteiger partial charge in [-0.25, -0.2) is 0 Å². The molecule has 2 aromatic carbocycles. The summed E-state index contributed by atoms with van der Waals surface area (Å²) in [5, 5.41) is 3.02. The molecule has 1 atom stereocenters.